The molecule has 4 bridgehead atoms. The van der Waals surface area contributed by atoms with E-state index in [1.165, 1.54) is 18.2 Å². The molecule has 4 rings (SSSR count). The van der Waals surface area contributed by atoms with E-state index in [0.29, 0.717) is 43.9 Å². The second kappa shape index (κ2) is 10.9. The van der Waals surface area contributed by atoms with Crippen LogP contribution in [0.3, 0.4) is 0 Å². The molecular weight excluding hydrogens is 528 g/mol. The minimum atomic E-state index is -4.82. The van der Waals surface area contributed by atoms with Gasteiger partial charge in [-0.1, -0.05) is 18.6 Å². The number of carboxylic acid groups (broad SMARTS) is 1. The summed E-state index contributed by atoms with van der Waals surface area (Å²) >= 11 is 0. The highest BCUT2D eigenvalue weighted by Gasteiger charge is 2.35. The molecule has 202 valence electrons. The van der Waals surface area contributed by atoms with Crippen LogP contribution in [0.25, 0.3) is 11.3 Å². The lowest BCUT2D eigenvalue weighted by Crippen LogP contribution is -2.29. The molecule has 3 heterocycles. The van der Waals surface area contributed by atoms with E-state index in [2.05, 4.69) is 14.7 Å². The highest BCUT2D eigenvalue weighted by Crippen LogP contribution is 2.39. The molecule has 1 aliphatic heterocycles. The summed E-state index contributed by atoms with van der Waals surface area (Å²) in [7, 11) is -4.39. The zero-order chi connectivity index (χ0) is 27.5. The summed E-state index contributed by atoms with van der Waals surface area (Å²) < 4.78 is 84.2. The van der Waals surface area contributed by atoms with Crippen molar-refractivity contribution in [2.45, 2.75) is 43.3 Å². The molecule has 2 N–H and O–H groups in total. The van der Waals surface area contributed by atoms with E-state index in [1.807, 2.05) is 0 Å². The molecule has 0 radical (unpaired) electrons. The highest BCUT2D eigenvalue weighted by atomic mass is 32.2. The predicted octanol–water partition coefficient (Wildman–Crippen LogP) is 5.11. The molecule has 38 heavy (non-hydrogen) atoms. The van der Waals surface area contributed by atoms with Gasteiger partial charge in [0.15, 0.2) is 5.03 Å². The minimum absolute atomic E-state index is 0.0753. The Balaban J connectivity index is 1.84. The van der Waals surface area contributed by atoms with E-state index in [1.54, 1.807) is 11.0 Å². The molecule has 0 saturated heterocycles. The van der Waals surface area contributed by atoms with Crippen LogP contribution in [0.5, 0.6) is 0 Å². The summed E-state index contributed by atoms with van der Waals surface area (Å²) in [6.45, 7) is 0.484. The van der Waals surface area contributed by atoms with Crippen LogP contribution in [0.2, 0.25) is 0 Å². The van der Waals surface area contributed by atoms with E-state index in [0.717, 1.165) is 18.2 Å². The summed E-state index contributed by atoms with van der Waals surface area (Å²) in [6, 6.07) is 9.32. The molecule has 0 aliphatic carbocycles. The fourth-order valence-electron chi connectivity index (χ4n) is 4.22. The number of carbonyl (C=O) groups is 1. The van der Waals surface area contributed by atoms with Gasteiger partial charge in [-0.3, -0.25) is 9.52 Å². The Morgan fingerprint density at radius 1 is 1.05 bits per heavy atom. The van der Waals surface area contributed by atoms with Crippen molar-refractivity contribution in [3.63, 3.8) is 0 Å². The van der Waals surface area contributed by atoms with E-state index in [4.69, 9.17) is 5.11 Å². The molecule has 1 aliphatic rings. The number of halogens is 4. The van der Waals surface area contributed by atoms with Crippen molar-refractivity contribution >= 4 is 27.6 Å². The van der Waals surface area contributed by atoms with Gasteiger partial charge >= 0.3 is 12.1 Å². The summed E-state index contributed by atoms with van der Waals surface area (Å²) in [4.78, 5) is 21.0. The first-order valence-corrected chi connectivity index (χ1v) is 13.3. The Labute approximate surface area is 216 Å². The van der Waals surface area contributed by atoms with Crippen molar-refractivity contribution in [3.05, 3.63) is 65.5 Å². The molecule has 0 saturated carbocycles. The van der Waals surface area contributed by atoms with Crippen molar-refractivity contribution in [1.29, 1.82) is 0 Å². The van der Waals surface area contributed by atoms with Crippen molar-refractivity contribution in [1.82, 2.24) is 9.97 Å². The van der Waals surface area contributed by atoms with Gasteiger partial charge in [0.05, 0.1) is 17.7 Å². The predicted molar refractivity (Wildman–Crippen MR) is 132 cm³/mol. The number of carboxylic acids is 1. The Bertz CT molecular complexity index is 1450. The standard InChI is InChI=1S/C25H24F4N4O4S/c26-17-9-8-16-5-2-1-3-13-33(14-12-23(34)35)21-6-4-7-22(31-21)38(36,37)32-20-11-10-19(25(27,28)29)24(30-20)18(16)15-17/h4,6-11,15H,1-3,5,12-14H2,(H,30,32)(H,34,35). The fourth-order valence-corrected chi connectivity index (χ4v) is 5.19. The number of alkyl halides is 3. The number of nitrogens with one attached hydrogen (secondary N) is 1. The molecular formula is C25H24F4N4O4S. The van der Waals surface area contributed by atoms with Gasteiger partial charge in [0.1, 0.15) is 17.5 Å². The van der Waals surface area contributed by atoms with Crippen molar-refractivity contribution in [2.24, 2.45) is 0 Å². The van der Waals surface area contributed by atoms with Crippen LogP contribution in [0.1, 0.15) is 36.8 Å². The van der Waals surface area contributed by atoms with Gasteiger partial charge in [-0.15, -0.1) is 0 Å². The molecule has 13 heteroatoms. The molecule has 2 aromatic heterocycles. The Kier molecular flexibility index (Phi) is 7.86. The number of hydrogen-bond acceptors (Lipinski definition) is 6. The number of nitrogens with zero attached hydrogens (tertiary/aromatic N) is 3. The normalized spacial score (nSPS) is 15.8. The number of aryl methyl sites for hydroxylation is 1. The third kappa shape index (κ3) is 6.39. The third-order valence-corrected chi connectivity index (χ3v) is 7.30. The van der Waals surface area contributed by atoms with Gasteiger partial charge in [0.2, 0.25) is 0 Å². The molecule has 8 nitrogen and oxygen atoms in total. The van der Waals surface area contributed by atoms with Crippen molar-refractivity contribution < 1.29 is 35.9 Å². The number of hydrogen-bond donors (Lipinski definition) is 2. The number of pyridine rings is 2. The number of fused-ring (bicyclic) bond motifs is 6. The number of rotatable bonds is 3. The first kappa shape index (κ1) is 27.3. The topological polar surface area (TPSA) is 112 Å². The van der Waals surface area contributed by atoms with Gasteiger partial charge < -0.3 is 10.0 Å². The molecule has 3 aromatic rings. The van der Waals surface area contributed by atoms with E-state index >= 15 is 0 Å². The maximum absolute atomic E-state index is 14.2. The molecule has 0 amide bonds. The number of aliphatic carboxylic acids is 1. The quantitative estimate of drug-likeness (QED) is 0.434. The Morgan fingerprint density at radius 3 is 2.58 bits per heavy atom. The lowest BCUT2D eigenvalue weighted by atomic mass is 9.96. The minimum Gasteiger partial charge on any atom is -0.481 e. The zero-order valence-electron chi connectivity index (χ0n) is 20.0. The summed E-state index contributed by atoms with van der Waals surface area (Å²) in [5.74, 6) is -1.92. The highest BCUT2D eigenvalue weighted by molar-refractivity contribution is 7.92. The summed E-state index contributed by atoms with van der Waals surface area (Å²) in [5, 5.41) is 8.71. The number of aromatic nitrogens is 2. The molecule has 1 aromatic carbocycles. The van der Waals surface area contributed by atoms with Gasteiger partial charge in [0.25, 0.3) is 10.0 Å². The molecule has 0 fully saturated rings. The van der Waals surface area contributed by atoms with Crippen molar-refractivity contribution in [2.75, 3.05) is 22.7 Å². The van der Waals surface area contributed by atoms with Crippen LogP contribution >= 0.6 is 0 Å². The molecule has 0 spiro atoms. The number of sulfonamides is 1. The van der Waals surface area contributed by atoms with Crippen LogP contribution in [0, 0.1) is 5.82 Å². The second-order valence-electron chi connectivity index (χ2n) is 8.77. The molecule has 0 atom stereocenters. The Morgan fingerprint density at radius 2 is 1.84 bits per heavy atom. The van der Waals surface area contributed by atoms with Gasteiger partial charge in [-0.2, -0.15) is 21.6 Å². The average molecular weight is 553 g/mol. The van der Waals surface area contributed by atoms with Gasteiger partial charge in [0, 0.05) is 18.7 Å². The van der Waals surface area contributed by atoms with Crippen LogP contribution in [-0.4, -0.2) is 42.6 Å². The third-order valence-electron chi connectivity index (χ3n) is 6.04. The SMILES string of the molecule is O=C(O)CCN1CCCCCc2ccc(F)cc2-c2nc(ccc2C(F)(F)F)NS(=O)(=O)c2cccc1n2. The van der Waals surface area contributed by atoms with E-state index in [-0.39, 0.29) is 24.3 Å². The first-order chi connectivity index (χ1) is 17.9. The van der Waals surface area contributed by atoms with Gasteiger partial charge in [-0.25, -0.2) is 14.4 Å². The summed E-state index contributed by atoms with van der Waals surface area (Å²) in [5.41, 5.74) is -1.34. The van der Waals surface area contributed by atoms with Crippen LogP contribution < -0.4 is 9.62 Å². The number of anilines is 2. The average Bonchev–Trinajstić information content (AvgIpc) is 2.85. The van der Waals surface area contributed by atoms with E-state index < -0.39 is 50.1 Å². The first-order valence-electron chi connectivity index (χ1n) is 11.8. The summed E-state index contributed by atoms with van der Waals surface area (Å²) in [6.07, 6.45) is -2.92. The lowest BCUT2D eigenvalue weighted by Gasteiger charge is -2.24. The maximum Gasteiger partial charge on any atom is 0.418 e. The molecule has 0 unspecified atom stereocenters. The largest absolute Gasteiger partial charge is 0.481 e. The van der Waals surface area contributed by atoms with Crippen LogP contribution in [0.15, 0.2) is 53.6 Å². The lowest BCUT2D eigenvalue weighted by molar-refractivity contribution is -0.138. The van der Waals surface area contributed by atoms with Crippen LogP contribution in [-0.2, 0) is 27.4 Å². The fraction of sp³-hybridized carbons (Fsp3) is 0.320. The van der Waals surface area contributed by atoms with E-state index in [9.17, 15) is 30.8 Å². The second-order valence-corrected chi connectivity index (χ2v) is 10.4. The monoisotopic (exact) mass is 552 g/mol. The van der Waals surface area contributed by atoms with Crippen molar-refractivity contribution in [3.8, 4) is 11.3 Å². The smallest absolute Gasteiger partial charge is 0.418 e. The number of benzene rings is 1. The maximum atomic E-state index is 14.2. The van der Waals surface area contributed by atoms with Gasteiger partial charge in [-0.05, 0) is 61.2 Å². The zero-order valence-corrected chi connectivity index (χ0v) is 20.8. The Hall–Kier alpha value is -3.74. The van der Waals surface area contributed by atoms with Crippen LogP contribution in [0.4, 0.5) is 29.2 Å².